The summed E-state index contributed by atoms with van der Waals surface area (Å²) in [6, 6.07) is 5.31. The topological polar surface area (TPSA) is 72.6 Å². The monoisotopic (exact) mass is 276 g/mol. The number of nitrogens with zero attached hydrogens (tertiary/aromatic N) is 1. The molecule has 1 aromatic carbocycles. The van der Waals surface area contributed by atoms with Gasteiger partial charge in [0.2, 0.25) is 0 Å². The van der Waals surface area contributed by atoms with Crippen LogP contribution >= 0.6 is 0 Å². The number of methoxy groups -OCH3 is 1. The van der Waals surface area contributed by atoms with Gasteiger partial charge in [-0.2, -0.15) is 0 Å². The zero-order valence-corrected chi connectivity index (χ0v) is 12.1. The zero-order chi connectivity index (χ0) is 14.9. The number of carbonyl (C=O) groups is 2. The number of ether oxygens (including phenoxy) is 1. The highest BCUT2D eigenvalue weighted by molar-refractivity contribution is 5.96. The number of nitrogens with two attached hydrogens (primary N) is 1. The van der Waals surface area contributed by atoms with E-state index in [-0.39, 0.29) is 23.7 Å². The average molecular weight is 276 g/mol. The van der Waals surface area contributed by atoms with Crippen LogP contribution in [0.2, 0.25) is 0 Å². The summed E-state index contributed by atoms with van der Waals surface area (Å²) in [7, 11) is 1.38. The molecule has 1 amide bonds. The van der Waals surface area contributed by atoms with E-state index in [4.69, 9.17) is 10.5 Å². The second kappa shape index (κ2) is 5.53. The van der Waals surface area contributed by atoms with Crippen molar-refractivity contribution in [1.29, 1.82) is 0 Å². The maximum Gasteiger partial charge on any atom is 0.310 e. The van der Waals surface area contributed by atoms with Gasteiger partial charge in [-0.05, 0) is 36.6 Å². The van der Waals surface area contributed by atoms with E-state index in [1.165, 1.54) is 7.11 Å². The van der Waals surface area contributed by atoms with Crippen molar-refractivity contribution >= 4 is 17.6 Å². The van der Waals surface area contributed by atoms with Crippen molar-refractivity contribution in [3.05, 3.63) is 29.3 Å². The average Bonchev–Trinajstić information content (AvgIpc) is 2.78. The summed E-state index contributed by atoms with van der Waals surface area (Å²) in [5.41, 5.74) is 7.87. The number of amides is 1. The number of esters is 1. The van der Waals surface area contributed by atoms with Gasteiger partial charge >= 0.3 is 5.97 Å². The third kappa shape index (κ3) is 2.76. The highest BCUT2D eigenvalue weighted by Gasteiger charge is 2.37. The summed E-state index contributed by atoms with van der Waals surface area (Å²) >= 11 is 0. The highest BCUT2D eigenvalue weighted by atomic mass is 16.5. The van der Waals surface area contributed by atoms with Crippen molar-refractivity contribution in [1.82, 2.24) is 4.90 Å². The zero-order valence-electron chi connectivity index (χ0n) is 12.1. The Labute approximate surface area is 118 Å². The Bertz CT molecular complexity index is 522. The lowest BCUT2D eigenvalue weighted by atomic mass is 9.99. The molecule has 1 aliphatic rings. The van der Waals surface area contributed by atoms with Crippen molar-refractivity contribution in [3.63, 3.8) is 0 Å². The van der Waals surface area contributed by atoms with E-state index in [9.17, 15) is 9.59 Å². The molecule has 5 heteroatoms. The van der Waals surface area contributed by atoms with Gasteiger partial charge in [0.05, 0.1) is 13.0 Å². The number of carbonyl (C=O) groups excluding carboxylic acids is 2. The molecule has 108 valence electrons. The van der Waals surface area contributed by atoms with Gasteiger partial charge in [0.1, 0.15) is 0 Å². The Morgan fingerprint density at radius 1 is 1.30 bits per heavy atom. The van der Waals surface area contributed by atoms with Crippen LogP contribution in [0.25, 0.3) is 0 Å². The van der Waals surface area contributed by atoms with Crippen LogP contribution in [-0.4, -0.2) is 37.0 Å². The van der Waals surface area contributed by atoms with Crippen LogP contribution in [0.1, 0.15) is 22.8 Å². The van der Waals surface area contributed by atoms with Gasteiger partial charge in [-0.25, -0.2) is 0 Å². The largest absolute Gasteiger partial charge is 0.469 e. The van der Waals surface area contributed by atoms with Gasteiger partial charge in [-0.15, -0.1) is 0 Å². The molecule has 5 nitrogen and oxygen atoms in total. The molecule has 2 atom stereocenters. The fourth-order valence-electron chi connectivity index (χ4n) is 2.71. The molecule has 0 spiro atoms. The van der Waals surface area contributed by atoms with Crippen molar-refractivity contribution in [2.45, 2.75) is 13.8 Å². The van der Waals surface area contributed by atoms with E-state index in [0.717, 1.165) is 5.56 Å². The molecule has 0 bridgehead atoms. The number of likely N-dealkylation sites (tertiary alicyclic amines) is 1. The number of benzene rings is 1. The first kappa shape index (κ1) is 14.4. The molecule has 0 aliphatic carbocycles. The summed E-state index contributed by atoms with van der Waals surface area (Å²) in [5, 5.41) is 0. The Morgan fingerprint density at radius 2 is 2.00 bits per heavy atom. The number of nitrogen functional groups attached to an aromatic ring is 1. The minimum Gasteiger partial charge on any atom is -0.469 e. The molecule has 0 radical (unpaired) electrons. The van der Waals surface area contributed by atoms with Gasteiger partial charge in [0.15, 0.2) is 0 Å². The standard InChI is InChI=1S/C15H20N2O3/c1-9-4-11(6-12(16)5-9)14(18)17-7-10(2)13(8-17)15(19)20-3/h4-6,10,13H,7-8,16H2,1-3H3. The lowest BCUT2D eigenvalue weighted by molar-refractivity contribution is -0.146. The van der Waals surface area contributed by atoms with Gasteiger partial charge in [0, 0.05) is 24.3 Å². The lowest BCUT2D eigenvalue weighted by Gasteiger charge is -2.16. The number of hydrogen-bond acceptors (Lipinski definition) is 4. The van der Waals surface area contributed by atoms with E-state index in [1.54, 1.807) is 11.0 Å². The Kier molecular flexibility index (Phi) is 3.97. The first-order valence-corrected chi connectivity index (χ1v) is 6.66. The molecule has 1 fully saturated rings. The highest BCUT2D eigenvalue weighted by Crippen LogP contribution is 2.26. The molecule has 0 saturated carbocycles. The molecular weight excluding hydrogens is 256 g/mol. The minimum atomic E-state index is -0.253. The van der Waals surface area contributed by atoms with Crippen LogP contribution in [0, 0.1) is 18.8 Å². The molecule has 1 saturated heterocycles. The third-order valence-electron chi connectivity index (χ3n) is 3.75. The van der Waals surface area contributed by atoms with Gasteiger partial charge in [-0.3, -0.25) is 9.59 Å². The van der Waals surface area contributed by atoms with Crippen LogP contribution in [0.3, 0.4) is 0 Å². The van der Waals surface area contributed by atoms with Crippen LogP contribution in [0.5, 0.6) is 0 Å². The van der Waals surface area contributed by atoms with E-state index in [1.807, 2.05) is 26.0 Å². The maximum absolute atomic E-state index is 12.5. The number of aryl methyl sites for hydroxylation is 1. The SMILES string of the molecule is COC(=O)C1CN(C(=O)c2cc(C)cc(N)c2)CC1C. The predicted molar refractivity (Wildman–Crippen MR) is 76.2 cm³/mol. The van der Waals surface area contributed by atoms with E-state index < -0.39 is 0 Å². The molecule has 20 heavy (non-hydrogen) atoms. The van der Waals surface area contributed by atoms with Crippen LogP contribution < -0.4 is 5.73 Å². The quantitative estimate of drug-likeness (QED) is 0.655. The molecule has 1 heterocycles. The Balaban J connectivity index is 2.16. The van der Waals surface area contributed by atoms with Crippen molar-refractivity contribution < 1.29 is 14.3 Å². The first-order valence-electron chi connectivity index (χ1n) is 6.66. The van der Waals surface area contributed by atoms with Crippen molar-refractivity contribution in [3.8, 4) is 0 Å². The van der Waals surface area contributed by atoms with Gasteiger partial charge in [-0.1, -0.05) is 6.92 Å². The summed E-state index contributed by atoms with van der Waals surface area (Å²) in [5.74, 6) is -0.477. The molecular formula is C15H20N2O3. The fourth-order valence-corrected chi connectivity index (χ4v) is 2.71. The first-order chi connectivity index (χ1) is 9.42. The van der Waals surface area contributed by atoms with E-state index >= 15 is 0 Å². The second-order valence-corrected chi connectivity index (χ2v) is 5.45. The second-order valence-electron chi connectivity index (χ2n) is 5.45. The summed E-state index contributed by atoms with van der Waals surface area (Å²) in [6.45, 7) is 4.82. The molecule has 2 N–H and O–H groups in total. The summed E-state index contributed by atoms with van der Waals surface area (Å²) < 4.78 is 4.78. The maximum atomic E-state index is 12.5. The van der Waals surface area contributed by atoms with Gasteiger partial charge < -0.3 is 15.4 Å². The number of anilines is 1. The lowest BCUT2D eigenvalue weighted by Crippen LogP contribution is -2.30. The normalized spacial score (nSPS) is 21.9. The molecule has 2 rings (SSSR count). The third-order valence-corrected chi connectivity index (χ3v) is 3.75. The molecule has 2 unspecified atom stereocenters. The molecule has 1 aliphatic heterocycles. The minimum absolute atomic E-state index is 0.0846. The van der Waals surface area contributed by atoms with E-state index in [2.05, 4.69) is 0 Å². The van der Waals surface area contributed by atoms with Crippen LogP contribution in [0.4, 0.5) is 5.69 Å². The summed E-state index contributed by atoms with van der Waals surface area (Å²) in [6.07, 6.45) is 0. The number of rotatable bonds is 2. The Hall–Kier alpha value is -2.04. The molecule has 0 aromatic heterocycles. The fraction of sp³-hybridized carbons (Fsp3) is 0.467. The van der Waals surface area contributed by atoms with Gasteiger partial charge in [0.25, 0.3) is 5.91 Å². The van der Waals surface area contributed by atoms with Crippen molar-refractivity contribution in [2.75, 3.05) is 25.9 Å². The summed E-state index contributed by atoms with van der Waals surface area (Å²) in [4.78, 5) is 25.8. The van der Waals surface area contributed by atoms with Crippen LogP contribution in [-0.2, 0) is 9.53 Å². The Morgan fingerprint density at radius 3 is 2.60 bits per heavy atom. The van der Waals surface area contributed by atoms with E-state index in [0.29, 0.717) is 24.3 Å². The smallest absolute Gasteiger partial charge is 0.310 e. The van der Waals surface area contributed by atoms with Crippen molar-refractivity contribution in [2.24, 2.45) is 11.8 Å². The predicted octanol–water partition coefficient (Wildman–Crippen LogP) is 1.46. The number of hydrogen-bond donors (Lipinski definition) is 1. The molecule has 1 aromatic rings. The van der Waals surface area contributed by atoms with Crippen LogP contribution in [0.15, 0.2) is 18.2 Å².